The fourth-order valence-electron chi connectivity index (χ4n) is 2.51. The van der Waals surface area contributed by atoms with Crippen molar-refractivity contribution >= 4 is 5.95 Å². The fourth-order valence-corrected chi connectivity index (χ4v) is 2.51. The van der Waals surface area contributed by atoms with E-state index in [1.165, 1.54) is 25.7 Å². The number of nitrogens with one attached hydrogen (secondary N) is 1. The molecule has 2 fully saturated rings. The minimum absolute atomic E-state index is 0.584. The minimum atomic E-state index is 0.584. The van der Waals surface area contributed by atoms with Gasteiger partial charge in [-0.25, -0.2) is 4.98 Å². The third-order valence-corrected chi connectivity index (χ3v) is 3.65. The monoisotopic (exact) mass is 248 g/mol. The summed E-state index contributed by atoms with van der Waals surface area (Å²) in [6.07, 6.45) is 6.83. The number of rotatable bonds is 5. The molecule has 5 heteroatoms. The maximum absolute atomic E-state index is 5.18. The Kier molecular flexibility index (Phi) is 3.32. The highest BCUT2D eigenvalue weighted by atomic mass is 16.5. The largest absolute Gasteiger partial charge is 0.481 e. The molecule has 1 aliphatic heterocycles. The first kappa shape index (κ1) is 11.7. The SMILES string of the molecule is COc1ccnc(N(CC2CCCN2)C2CC2)n1. The molecular formula is C13H20N4O. The highest BCUT2D eigenvalue weighted by molar-refractivity contribution is 5.36. The van der Waals surface area contributed by atoms with Crippen LogP contribution in [0, 0.1) is 0 Å². The van der Waals surface area contributed by atoms with Crippen molar-refractivity contribution in [3.8, 4) is 5.88 Å². The molecule has 18 heavy (non-hydrogen) atoms. The molecule has 1 atom stereocenters. The Hall–Kier alpha value is -1.36. The molecule has 1 saturated carbocycles. The average Bonchev–Trinajstić information content (AvgIpc) is 3.13. The van der Waals surface area contributed by atoms with Gasteiger partial charge in [0.2, 0.25) is 11.8 Å². The van der Waals surface area contributed by atoms with Crippen molar-refractivity contribution in [2.45, 2.75) is 37.8 Å². The van der Waals surface area contributed by atoms with Crippen LogP contribution in [0.25, 0.3) is 0 Å². The van der Waals surface area contributed by atoms with Crippen molar-refractivity contribution in [2.24, 2.45) is 0 Å². The van der Waals surface area contributed by atoms with E-state index >= 15 is 0 Å². The van der Waals surface area contributed by atoms with Crippen molar-refractivity contribution in [3.05, 3.63) is 12.3 Å². The van der Waals surface area contributed by atoms with Gasteiger partial charge in [0.15, 0.2) is 0 Å². The summed E-state index contributed by atoms with van der Waals surface area (Å²) >= 11 is 0. The van der Waals surface area contributed by atoms with E-state index < -0.39 is 0 Å². The molecular weight excluding hydrogens is 228 g/mol. The van der Waals surface area contributed by atoms with Crippen molar-refractivity contribution in [2.75, 3.05) is 25.1 Å². The Balaban J connectivity index is 1.75. The third-order valence-electron chi connectivity index (χ3n) is 3.65. The first-order chi connectivity index (χ1) is 8.86. The van der Waals surface area contributed by atoms with E-state index in [-0.39, 0.29) is 0 Å². The minimum Gasteiger partial charge on any atom is -0.481 e. The van der Waals surface area contributed by atoms with Crippen LogP contribution in [0.3, 0.4) is 0 Å². The Bertz CT molecular complexity index is 402. The molecule has 3 rings (SSSR count). The van der Waals surface area contributed by atoms with Gasteiger partial charge in [-0.2, -0.15) is 4.98 Å². The van der Waals surface area contributed by atoms with E-state index in [4.69, 9.17) is 4.74 Å². The van der Waals surface area contributed by atoms with Gasteiger partial charge >= 0.3 is 0 Å². The zero-order valence-corrected chi connectivity index (χ0v) is 10.8. The molecule has 1 aromatic heterocycles. The van der Waals surface area contributed by atoms with Crippen LogP contribution in [0.4, 0.5) is 5.95 Å². The molecule has 1 aliphatic carbocycles. The second kappa shape index (κ2) is 5.10. The van der Waals surface area contributed by atoms with Gasteiger partial charge in [-0.1, -0.05) is 0 Å². The second-order valence-electron chi connectivity index (χ2n) is 5.08. The summed E-state index contributed by atoms with van der Waals surface area (Å²) in [7, 11) is 1.64. The highest BCUT2D eigenvalue weighted by Gasteiger charge is 2.33. The molecule has 0 bridgehead atoms. The summed E-state index contributed by atoms with van der Waals surface area (Å²) in [5.74, 6) is 1.45. The lowest BCUT2D eigenvalue weighted by Gasteiger charge is -2.25. The van der Waals surface area contributed by atoms with Gasteiger partial charge in [0.25, 0.3) is 0 Å². The maximum atomic E-state index is 5.18. The zero-order chi connectivity index (χ0) is 12.4. The van der Waals surface area contributed by atoms with Gasteiger partial charge in [0.1, 0.15) is 0 Å². The average molecular weight is 248 g/mol. The number of ether oxygens (including phenoxy) is 1. The van der Waals surface area contributed by atoms with Crippen LogP contribution in [0.5, 0.6) is 5.88 Å². The topological polar surface area (TPSA) is 50.3 Å². The van der Waals surface area contributed by atoms with E-state index in [1.807, 2.05) is 0 Å². The molecule has 1 aromatic rings. The van der Waals surface area contributed by atoms with Crippen molar-refractivity contribution in [1.29, 1.82) is 0 Å². The molecule has 98 valence electrons. The molecule has 2 heterocycles. The summed E-state index contributed by atoms with van der Waals surface area (Å²) in [6.45, 7) is 2.15. The van der Waals surface area contributed by atoms with Crippen LogP contribution in [0.2, 0.25) is 0 Å². The molecule has 1 saturated heterocycles. The second-order valence-corrected chi connectivity index (χ2v) is 5.08. The first-order valence-corrected chi connectivity index (χ1v) is 6.74. The molecule has 1 N–H and O–H groups in total. The summed E-state index contributed by atoms with van der Waals surface area (Å²) in [5.41, 5.74) is 0. The first-order valence-electron chi connectivity index (χ1n) is 6.74. The number of anilines is 1. The highest BCUT2D eigenvalue weighted by Crippen LogP contribution is 2.30. The Morgan fingerprint density at radius 1 is 1.44 bits per heavy atom. The van der Waals surface area contributed by atoms with Gasteiger partial charge in [-0.3, -0.25) is 0 Å². The van der Waals surface area contributed by atoms with Crippen LogP contribution < -0.4 is 15.0 Å². The fraction of sp³-hybridized carbons (Fsp3) is 0.692. The van der Waals surface area contributed by atoms with Gasteiger partial charge in [-0.15, -0.1) is 0 Å². The predicted octanol–water partition coefficient (Wildman–Crippen LogP) is 1.21. The summed E-state index contributed by atoms with van der Waals surface area (Å²) < 4.78 is 5.18. The molecule has 1 unspecified atom stereocenters. The van der Waals surface area contributed by atoms with Crippen LogP contribution in [-0.2, 0) is 0 Å². The lowest BCUT2D eigenvalue weighted by atomic mass is 10.2. The zero-order valence-electron chi connectivity index (χ0n) is 10.8. The van der Waals surface area contributed by atoms with Crippen molar-refractivity contribution in [3.63, 3.8) is 0 Å². The molecule has 0 spiro atoms. The Morgan fingerprint density at radius 3 is 3.00 bits per heavy atom. The number of hydrogen-bond acceptors (Lipinski definition) is 5. The van der Waals surface area contributed by atoms with E-state index in [1.54, 1.807) is 19.4 Å². The van der Waals surface area contributed by atoms with Crippen LogP contribution >= 0.6 is 0 Å². The lowest BCUT2D eigenvalue weighted by molar-refractivity contribution is 0.396. The normalized spacial score (nSPS) is 23.1. The van der Waals surface area contributed by atoms with Gasteiger partial charge in [0.05, 0.1) is 7.11 Å². The Morgan fingerprint density at radius 2 is 2.33 bits per heavy atom. The smallest absolute Gasteiger partial charge is 0.228 e. The van der Waals surface area contributed by atoms with E-state index in [0.717, 1.165) is 19.0 Å². The standard InChI is InChI=1S/C13H20N4O/c1-18-12-6-8-15-13(16-12)17(11-4-5-11)9-10-3-2-7-14-10/h6,8,10-11,14H,2-5,7,9H2,1H3. The van der Waals surface area contributed by atoms with E-state index in [0.29, 0.717) is 18.0 Å². The van der Waals surface area contributed by atoms with Crippen LogP contribution in [-0.4, -0.2) is 42.3 Å². The number of methoxy groups -OCH3 is 1. The van der Waals surface area contributed by atoms with Crippen molar-refractivity contribution in [1.82, 2.24) is 15.3 Å². The number of aromatic nitrogens is 2. The molecule has 2 aliphatic rings. The molecule has 0 aromatic carbocycles. The van der Waals surface area contributed by atoms with Crippen molar-refractivity contribution < 1.29 is 4.74 Å². The van der Waals surface area contributed by atoms with Gasteiger partial charge < -0.3 is 15.0 Å². The van der Waals surface area contributed by atoms with Crippen LogP contribution in [0.15, 0.2) is 12.3 Å². The van der Waals surface area contributed by atoms with Gasteiger partial charge in [-0.05, 0) is 32.2 Å². The molecule has 0 radical (unpaired) electrons. The lowest BCUT2D eigenvalue weighted by Crippen LogP contribution is -2.39. The molecule has 0 amide bonds. The third kappa shape index (κ3) is 2.56. The predicted molar refractivity (Wildman–Crippen MR) is 70.0 cm³/mol. The van der Waals surface area contributed by atoms with E-state index in [2.05, 4.69) is 20.2 Å². The Labute approximate surface area is 108 Å². The quantitative estimate of drug-likeness (QED) is 0.848. The molecule has 5 nitrogen and oxygen atoms in total. The number of hydrogen-bond donors (Lipinski definition) is 1. The van der Waals surface area contributed by atoms with E-state index in [9.17, 15) is 0 Å². The maximum Gasteiger partial charge on any atom is 0.228 e. The summed E-state index contributed by atoms with van der Waals surface area (Å²) in [6, 6.07) is 3.00. The van der Waals surface area contributed by atoms with Crippen LogP contribution in [0.1, 0.15) is 25.7 Å². The summed E-state index contributed by atoms with van der Waals surface area (Å²) in [4.78, 5) is 11.2. The number of nitrogens with zero attached hydrogens (tertiary/aromatic N) is 3. The van der Waals surface area contributed by atoms with Gasteiger partial charge in [0, 0.05) is 30.9 Å². The summed E-state index contributed by atoms with van der Waals surface area (Å²) in [5, 5.41) is 3.54.